The van der Waals surface area contributed by atoms with Crippen molar-refractivity contribution in [2.75, 3.05) is 58.4 Å². The van der Waals surface area contributed by atoms with Crippen LogP contribution >= 0.6 is 21.6 Å². The first-order chi connectivity index (χ1) is 56.7. The first kappa shape index (κ1) is 93.4. The minimum atomic E-state index is -1.95. The summed E-state index contributed by atoms with van der Waals surface area (Å²) >= 11 is 0. The molecule has 2 bridgehead atoms. The molecule has 14 amide bonds. The summed E-state index contributed by atoms with van der Waals surface area (Å²) in [6.07, 6.45) is 3.13. The van der Waals surface area contributed by atoms with E-state index >= 15 is 38.4 Å². The van der Waals surface area contributed by atoms with Crippen molar-refractivity contribution in [1.29, 1.82) is 10.8 Å². The largest absolute Gasteiger partial charge is 0.394 e. The molecule has 0 radical (unpaired) electrons. The van der Waals surface area contributed by atoms with Crippen molar-refractivity contribution in [3.05, 3.63) is 90.1 Å². The normalized spacial score (nSPS) is 26.8. The molecule has 0 unspecified atom stereocenters. The summed E-state index contributed by atoms with van der Waals surface area (Å²) in [5.74, 6) is -15.9. The number of fused-ring (bicyclic) bond motifs is 8. The quantitative estimate of drug-likeness (QED) is 0.0180. The van der Waals surface area contributed by atoms with Gasteiger partial charge in [0.25, 0.3) is 0 Å². The SMILES string of the molecule is CC[C@H](C)[C@@H]1NC(=O)[C@@H]2CCCN2C(=O)[C@@H]2CCCN2C(=O)[C@H]([C@@H](C)CC)NC(=O)[C@H](CO)NC(=O)[C@H](C)NC(=O)[C@H]([C@@H](C)O)NC(=O)[C@@H]2CSSC[C@H](NC1=O)C(=O)N[C@@H](Cc1c[nH]cn1)C(=O)N[C@H](Cc1ccccc1)C(=O)N(C)[C@@H](CCCNC(=N)N)C(=O)N(C)[C@@H](Cc1c[nH]c3ccccc13)C(=O)N[C@@H](CCCNC(=N)N)C(=O)N2. The second-order valence-corrected chi connectivity index (χ2v) is 33.2. The number of likely N-dealkylation sites (N-methyl/N-ethyl adjacent to an activating group) is 2. The average Bonchev–Trinajstić information content (AvgIpc) is 1.70. The van der Waals surface area contributed by atoms with Gasteiger partial charge in [-0.1, -0.05) is 111 Å². The maximum atomic E-state index is 15.9. The molecule has 6 heterocycles. The summed E-state index contributed by atoms with van der Waals surface area (Å²) in [7, 11) is 4.37. The molecule has 650 valence electrons. The third kappa shape index (κ3) is 25.5. The smallest absolute Gasteiger partial charge is 0.246 e. The summed E-state index contributed by atoms with van der Waals surface area (Å²) < 4.78 is 0. The summed E-state index contributed by atoms with van der Waals surface area (Å²) in [4.78, 5) is 227. The van der Waals surface area contributed by atoms with E-state index in [4.69, 9.17) is 22.3 Å². The van der Waals surface area contributed by atoms with E-state index in [-0.39, 0.29) is 96.1 Å². The summed E-state index contributed by atoms with van der Waals surface area (Å²) in [5, 5.41) is 70.5. The van der Waals surface area contributed by atoms with Gasteiger partial charge in [-0.15, -0.1) is 0 Å². The topological polar surface area (TPSA) is 581 Å². The Labute approximate surface area is 697 Å². The van der Waals surface area contributed by atoms with Crippen LogP contribution in [0.3, 0.4) is 0 Å². The van der Waals surface area contributed by atoms with Crippen molar-refractivity contribution < 1.29 is 77.3 Å². The van der Waals surface area contributed by atoms with Crippen LogP contribution in [0.2, 0.25) is 0 Å². The van der Waals surface area contributed by atoms with Gasteiger partial charge in [-0.3, -0.25) is 77.9 Å². The molecule has 17 atom stereocenters. The Bertz CT molecular complexity index is 4250. The lowest BCUT2D eigenvalue weighted by atomic mass is 9.96. The highest BCUT2D eigenvalue weighted by Crippen LogP contribution is 2.30. The molecule has 2 aromatic carbocycles. The number of H-pyrrole nitrogens is 2. The third-order valence-electron chi connectivity index (χ3n) is 22.1. The Kier molecular flexibility index (Phi) is 35.1. The molecule has 4 aromatic rings. The van der Waals surface area contributed by atoms with Crippen molar-refractivity contribution in [2.45, 2.75) is 216 Å². The molecular weight excluding hydrogens is 1580 g/mol. The molecule has 0 saturated carbocycles. The van der Waals surface area contributed by atoms with Gasteiger partial charge >= 0.3 is 0 Å². The predicted molar refractivity (Wildman–Crippen MR) is 443 cm³/mol. The molecule has 4 aliphatic heterocycles. The maximum Gasteiger partial charge on any atom is 0.246 e. The van der Waals surface area contributed by atoms with E-state index in [0.717, 1.165) is 38.3 Å². The standard InChI is InChI=1S/C78H115N23O16S2/c1-9-41(3)60-71(112)94-54-38-118-119-39-55(68(109)97-62(44(6)103)72(113)88-43(5)63(104)92-53(37-102)66(107)96-61(42(4)10-2)76(117)101-31-19-27-58(101)75(116)100-30-18-26-56(100)69(110)95-60)93-64(105)50(24-16-28-84-77(79)80)89-70(111)59(33-46-35-86-49-23-15-14-22-48(46)49)99(8)74(115)57(25-17-29-85-78(81)82)98(7)73(114)52(32-45-20-12-11-13-21-45)91-65(106)51(90-67(54)108)34-47-36-83-40-87-47/h11-15,20-23,35-36,40-44,50-62,86,102-103H,9-10,16-19,24-34,37-39H2,1-8H3,(H,83,87)(H,88,113)(H,89,111)(H,90,108)(H,91,106)(H,92,104)(H,93,105)(H,94,112)(H,95,110)(H,96,107)(H,97,109)(H4,79,80,84)(H4,81,82,85)/t41-,42-,43-,44+,50-,51-,52+,53-,54-,55-,56-,57-,58-,59-,60-,61-,62-/m0/s1. The number of nitrogens with one attached hydrogen (secondary N) is 16. The number of carbonyl (C=O) groups excluding carboxylic acids is 14. The highest BCUT2D eigenvalue weighted by Gasteiger charge is 2.47. The fourth-order valence-electron chi connectivity index (χ4n) is 14.7. The van der Waals surface area contributed by atoms with Crippen LogP contribution < -0.4 is 75.3 Å². The number of amides is 14. The minimum absolute atomic E-state index is 0.000434. The van der Waals surface area contributed by atoms with Crippen molar-refractivity contribution in [3.8, 4) is 0 Å². The lowest BCUT2D eigenvalue weighted by molar-refractivity contribution is -0.149. The van der Waals surface area contributed by atoms with Crippen LogP contribution in [-0.2, 0) is 86.4 Å². The zero-order valence-corrected chi connectivity index (χ0v) is 69.8. The number of aliphatic hydroxyl groups is 2. The van der Waals surface area contributed by atoms with Crippen LogP contribution in [0.1, 0.15) is 123 Å². The summed E-state index contributed by atoms with van der Waals surface area (Å²) in [6.45, 7) is 8.33. The minimum Gasteiger partial charge on any atom is -0.394 e. The number of para-hydroxylation sites is 1. The number of nitrogens with two attached hydrogens (primary N) is 2. The first-order valence-corrected chi connectivity index (χ1v) is 42.7. The fourth-order valence-corrected chi connectivity index (χ4v) is 17.0. The van der Waals surface area contributed by atoms with Crippen molar-refractivity contribution in [3.63, 3.8) is 0 Å². The van der Waals surface area contributed by atoms with E-state index < -0.39 is 215 Å². The molecule has 39 nitrogen and oxygen atoms in total. The second kappa shape index (κ2) is 44.6. The number of benzene rings is 2. The van der Waals surface area contributed by atoms with E-state index in [1.54, 1.807) is 88.5 Å². The molecule has 0 aliphatic carbocycles. The van der Waals surface area contributed by atoms with Gasteiger partial charge in [0, 0.05) is 94.3 Å². The number of hydrogen-bond acceptors (Lipinski definition) is 21. The van der Waals surface area contributed by atoms with Crippen LogP contribution in [0.4, 0.5) is 0 Å². The Balaban J connectivity index is 1.28. The van der Waals surface area contributed by atoms with Gasteiger partial charge in [0.15, 0.2) is 11.9 Å². The maximum absolute atomic E-state index is 15.9. The Morgan fingerprint density at radius 1 is 0.538 bits per heavy atom. The molecule has 119 heavy (non-hydrogen) atoms. The second-order valence-electron chi connectivity index (χ2n) is 30.6. The zero-order valence-electron chi connectivity index (χ0n) is 68.2. The molecule has 2 aromatic heterocycles. The van der Waals surface area contributed by atoms with Gasteiger partial charge in [0.2, 0.25) is 82.7 Å². The Hall–Kier alpha value is -11.1. The van der Waals surface area contributed by atoms with Crippen molar-refractivity contribution >= 4 is 127 Å². The number of nitrogens with zero attached hydrogens (tertiary/aromatic N) is 5. The predicted octanol–water partition coefficient (Wildman–Crippen LogP) is -3.18. The van der Waals surface area contributed by atoms with Crippen molar-refractivity contribution in [1.82, 2.24) is 98.4 Å². The summed E-state index contributed by atoms with van der Waals surface area (Å²) in [6, 6.07) is -5.93. The highest BCUT2D eigenvalue weighted by atomic mass is 33.1. The zero-order chi connectivity index (χ0) is 86.9. The molecule has 0 spiro atoms. The van der Waals surface area contributed by atoms with Gasteiger partial charge in [-0.25, -0.2) is 4.98 Å². The number of rotatable bonds is 20. The molecule has 4 fully saturated rings. The highest BCUT2D eigenvalue weighted by molar-refractivity contribution is 8.76. The van der Waals surface area contributed by atoms with Crippen molar-refractivity contribution in [2.24, 2.45) is 23.3 Å². The average molecular weight is 1700 g/mol. The van der Waals surface area contributed by atoms with Gasteiger partial charge in [0.1, 0.15) is 84.6 Å². The van der Waals surface area contributed by atoms with E-state index in [0.29, 0.717) is 41.3 Å². The number of guanidine groups is 2. The number of hydrogen-bond donors (Lipinski definition) is 20. The molecule has 22 N–H and O–H groups in total. The van der Waals surface area contributed by atoms with Crippen LogP contribution in [0.15, 0.2) is 73.3 Å². The number of imidazole rings is 1. The van der Waals surface area contributed by atoms with E-state index in [1.165, 1.54) is 43.3 Å². The van der Waals surface area contributed by atoms with Crippen LogP contribution in [-0.4, -0.2) is 288 Å². The van der Waals surface area contributed by atoms with Crippen LogP contribution in [0.25, 0.3) is 10.9 Å². The van der Waals surface area contributed by atoms with Crippen LogP contribution in [0.5, 0.6) is 0 Å². The van der Waals surface area contributed by atoms with E-state index in [1.807, 2.05) is 0 Å². The Morgan fingerprint density at radius 3 is 1.69 bits per heavy atom. The first-order valence-electron chi connectivity index (χ1n) is 40.2. The third-order valence-corrected chi connectivity index (χ3v) is 24.5. The monoisotopic (exact) mass is 1690 g/mol. The van der Waals surface area contributed by atoms with Crippen LogP contribution in [0, 0.1) is 22.7 Å². The fraction of sp³-hybridized carbons (Fsp3) is 0.577. The Morgan fingerprint density at radius 2 is 1.07 bits per heavy atom. The van der Waals surface area contributed by atoms with Gasteiger partial charge < -0.3 is 115 Å². The van der Waals surface area contributed by atoms with E-state index in [2.05, 4.69) is 78.8 Å². The van der Waals surface area contributed by atoms with Gasteiger partial charge in [-0.2, -0.15) is 0 Å². The molecule has 4 saturated heterocycles. The number of aliphatic hydroxyl groups excluding tert-OH is 2. The molecular formula is C78H115N23O16S2. The van der Waals surface area contributed by atoms with E-state index in [9.17, 15) is 39.0 Å². The summed E-state index contributed by atoms with van der Waals surface area (Å²) in [5.41, 5.74) is 13.4. The number of carbonyl (C=O) groups is 14. The lowest BCUT2D eigenvalue weighted by Gasteiger charge is -2.36. The molecule has 4 aliphatic rings. The molecule has 41 heteroatoms. The number of aromatic nitrogens is 3. The molecule has 8 rings (SSSR count). The van der Waals surface area contributed by atoms with Gasteiger partial charge in [-0.05, 0) is 94.2 Å². The lowest BCUT2D eigenvalue weighted by Crippen LogP contribution is -2.63. The number of aromatic amines is 2. The van der Waals surface area contributed by atoms with Gasteiger partial charge in [0.05, 0.1) is 24.7 Å².